The summed E-state index contributed by atoms with van der Waals surface area (Å²) in [6.45, 7) is 1.59. The molecule has 1 aliphatic rings. The minimum Gasteiger partial charge on any atom is -0.402 e. The average molecular weight is 326 g/mol. The lowest BCUT2D eigenvalue weighted by atomic mass is 10.1. The van der Waals surface area contributed by atoms with Gasteiger partial charge in [-0.2, -0.15) is 0 Å². The number of carbonyl (C=O) groups excluding carboxylic acids is 1. The maximum Gasteiger partial charge on any atom is 0.363 e. The minimum absolute atomic E-state index is 0.0225. The molecule has 1 aliphatic heterocycles. The Kier molecular flexibility index (Phi) is 3.91. The summed E-state index contributed by atoms with van der Waals surface area (Å²) in [6, 6.07) is 9.91. The first-order chi connectivity index (χ1) is 11.4. The lowest BCUT2D eigenvalue weighted by Gasteiger charge is -2.01. The van der Waals surface area contributed by atoms with Crippen LogP contribution in [-0.2, 0) is 9.53 Å². The summed E-state index contributed by atoms with van der Waals surface area (Å²) >= 11 is 0. The molecule has 0 amide bonds. The van der Waals surface area contributed by atoms with Crippen LogP contribution in [0.5, 0.6) is 0 Å². The van der Waals surface area contributed by atoms with Gasteiger partial charge in [0, 0.05) is 17.2 Å². The first-order valence-electron chi connectivity index (χ1n) is 6.97. The molecule has 0 saturated heterocycles. The van der Waals surface area contributed by atoms with E-state index >= 15 is 0 Å². The smallest absolute Gasteiger partial charge is 0.363 e. The monoisotopic (exact) mass is 326 g/mol. The third-order valence-corrected chi connectivity index (χ3v) is 3.43. The van der Waals surface area contributed by atoms with Gasteiger partial charge in [-0.25, -0.2) is 14.2 Å². The van der Waals surface area contributed by atoms with Gasteiger partial charge in [-0.15, -0.1) is 0 Å². The molecule has 3 rings (SSSR count). The summed E-state index contributed by atoms with van der Waals surface area (Å²) < 4.78 is 18.0. The van der Waals surface area contributed by atoms with Gasteiger partial charge in [-0.3, -0.25) is 10.1 Å². The number of carbonyl (C=O) groups is 1. The number of hydrogen-bond acceptors (Lipinski definition) is 5. The Labute approximate surface area is 136 Å². The molecule has 0 radical (unpaired) electrons. The summed E-state index contributed by atoms with van der Waals surface area (Å²) in [4.78, 5) is 26.4. The van der Waals surface area contributed by atoms with Crippen LogP contribution in [0.15, 0.2) is 53.2 Å². The SMILES string of the molecule is Cc1cc(C2=N/C(=C\c3ccc(F)cc3)C(=O)O2)ccc1[N+](=O)[O-]. The van der Waals surface area contributed by atoms with Crippen LogP contribution in [0.2, 0.25) is 0 Å². The fraction of sp³-hybridized carbons (Fsp3) is 0.0588. The highest BCUT2D eigenvalue weighted by Gasteiger charge is 2.25. The van der Waals surface area contributed by atoms with Crippen molar-refractivity contribution in [2.24, 2.45) is 4.99 Å². The predicted octanol–water partition coefficient (Wildman–Crippen LogP) is 3.39. The molecule has 0 bridgehead atoms. The number of nitro groups is 1. The lowest BCUT2D eigenvalue weighted by Crippen LogP contribution is -2.06. The van der Waals surface area contributed by atoms with Gasteiger partial charge in [0.25, 0.3) is 5.69 Å². The normalized spacial score (nSPS) is 15.3. The number of aryl methyl sites for hydroxylation is 1. The van der Waals surface area contributed by atoms with E-state index in [4.69, 9.17) is 4.74 Å². The van der Waals surface area contributed by atoms with Crippen LogP contribution in [0.3, 0.4) is 0 Å². The summed E-state index contributed by atoms with van der Waals surface area (Å²) in [5.41, 5.74) is 1.56. The summed E-state index contributed by atoms with van der Waals surface area (Å²) in [6.07, 6.45) is 1.48. The van der Waals surface area contributed by atoms with Gasteiger partial charge in [-0.1, -0.05) is 12.1 Å². The van der Waals surface area contributed by atoms with Crippen molar-refractivity contribution in [1.82, 2.24) is 0 Å². The third kappa shape index (κ3) is 3.05. The number of aliphatic imine (C=N–C) groups is 1. The zero-order valence-corrected chi connectivity index (χ0v) is 12.5. The number of ether oxygens (including phenoxy) is 1. The van der Waals surface area contributed by atoms with Crippen LogP contribution in [0.25, 0.3) is 6.08 Å². The van der Waals surface area contributed by atoms with Crippen LogP contribution in [-0.4, -0.2) is 16.8 Å². The highest BCUT2D eigenvalue weighted by molar-refractivity contribution is 6.13. The quantitative estimate of drug-likeness (QED) is 0.375. The lowest BCUT2D eigenvalue weighted by molar-refractivity contribution is -0.385. The molecule has 1 heterocycles. The largest absolute Gasteiger partial charge is 0.402 e. The number of cyclic esters (lactones) is 1. The van der Waals surface area contributed by atoms with Gasteiger partial charge in [-0.05, 0) is 42.8 Å². The summed E-state index contributed by atoms with van der Waals surface area (Å²) in [5, 5.41) is 10.8. The molecule has 0 spiro atoms. The average Bonchev–Trinajstić information content (AvgIpc) is 2.90. The van der Waals surface area contributed by atoms with E-state index in [1.807, 2.05) is 0 Å². The summed E-state index contributed by atoms with van der Waals surface area (Å²) in [5.74, 6) is -0.937. The van der Waals surface area contributed by atoms with E-state index in [9.17, 15) is 19.3 Å². The molecular weight excluding hydrogens is 315 g/mol. The second-order valence-electron chi connectivity index (χ2n) is 5.15. The number of nitrogens with zero attached hydrogens (tertiary/aromatic N) is 2. The van der Waals surface area contributed by atoms with Crippen molar-refractivity contribution in [3.63, 3.8) is 0 Å². The molecule has 0 aromatic heterocycles. The Morgan fingerprint density at radius 2 is 1.92 bits per heavy atom. The van der Waals surface area contributed by atoms with Gasteiger partial charge < -0.3 is 4.74 Å². The molecule has 0 N–H and O–H groups in total. The van der Waals surface area contributed by atoms with E-state index < -0.39 is 10.9 Å². The van der Waals surface area contributed by atoms with Gasteiger partial charge >= 0.3 is 5.97 Å². The highest BCUT2D eigenvalue weighted by Crippen LogP contribution is 2.23. The van der Waals surface area contributed by atoms with E-state index in [2.05, 4.69) is 4.99 Å². The van der Waals surface area contributed by atoms with Crippen molar-refractivity contribution in [3.8, 4) is 0 Å². The van der Waals surface area contributed by atoms with Crippen LogP contribution < -0.4 is 0 Å². The van der Waals surface area contributed by atoms with Crippen molar-refractivity contribution in [2.75, 3.05) is 0 Å². The van der Waals surface area contributed by atoms with Crippen molar-refractivity contribution in [1.29, 1.82) is 0 Å². The number of hydrogen-bond donors (Lipinski definition) is 0. The molecule has 24 heavy (non-hydrogen) atoms. The first-order valence-corrected chi connectivity index (χ1v) is 6.97. The van der Waals surface area contributed by atoms with Crippen LogP contribution >= 0.6 is 0 Å². The van der Waals surface area contributed by atoms with Crippen molar-refractivity contribution in [3.05, 3.63) is 80.8 Å². The van der Waals surface area contributed by atoms with Crippen LogP contribution in [0.4, 0.5) is 10.1 Å². The first kappa shape index (κ1) is 15.5. The zero-order valence-electron chi connectivity index (χ0n) is 12.5. The van der Waals surface area contributed by atoms with E-state index in [1.54, 1.807) is 6.92 Å². The Morgan fingerprint density at radius 3 is 2.54 bits per heavy atom. The molecule has 0 unspecified atom stereocenters. The Hall–Kier alpha value is -3.35. The van der Waals surface area contributed by atoms with Crippen molar-refractivity contribution < 1.29 is 18.8 Å². The fourth-order valence-corrected chi connectivity index (χ4v) is 2.24. The number of benzene rings is 2. The maximum atomic E-state index is 12.9. The summed E-state index contributed by atoms with van der Waals surface area (Å²) in [7, 11) is 0. The van der Waals surface area contributed by atoms with Gasteiger partial charge in [0.05, 0.1) is 4.92 Å². The number of nitro benzene ring substituents is 1. The Balaban J connectivity index is 1.93. The molecule has 0 saturated carbocycles. The highest BCUT2D eigenvalue weighted by atomic mass is 19.1. The molecule has 0 fully saturated rings. The molecule has 120 valence electrons. The molecule has 2 aromatic rings. The predicted molar refractivity (Wildman–Crippen MR) is 84.8 cm³/mol. The second-order valence-corrected chi connectivity index (χ2v) is 5.15. The number of esters is 1. The molecule has 6 nitrogen and oxygen atoms in total. The molecule has 2 aromatic carbocycles. The van der Waals surface area contributed by atoms with Gasteiger partial charge in [0.2, 0.25) is 5.90 Å². The number of rotatable bonds is 3. The molecular formula is C17H11FN2O4. The van der Waals surface area contributed by atoms with Gasteiger partial charge in [0.1, 0.15) is 5.82 Å². The Morgan fingerprint density at radius 1 is 1.21 bits per heavy atom. The van der Waals surface area contributed by atoms with E-state index in [0.717, 1.165) is 0 Å². The number of halogens is 1. The second kappa shape index (κ2) is 6.04. The van der Waals surface area contributed by atoms with Gasteiger partial charge in [0.15, 0.2) is 5.70 Å². The Bertz CT molecular complexity index is 901. The molecule has 0 atom stereocenters. The topological polar surface area (TPSA) is 81.8 Å². The maximum absolute atomic E-state index is 12.9. The van der Waals surface area contributed by atoms with Crippen molar-refractivity contribution in [2.45, 2.75) is 6.92 Å². The van der Waals surface area contributed by atoms with E-state index in [0.29, 0.717) is 16.7 Å². The zero-order chi connectivity index (χ0) is 17.3. The van der Waals surface area contributed by atoms with Crippen LogP contribution in [0, 0.1) is 22.9 Å². The van der Waals surface area contributed by atoms with Crippen molar-refractivity contribution >= 4 is 23.6 Å². The third-order valence-electron chi connectivity index (χ3n) is 3.43. The molecule has 0 aliphatic carbocycles. The van der Waals surface area contributed by atoms with E-state index in [-0.39, 0.29) is 23.1 Å². The minimum atomic E-state index is -0.634. The van der Waals surface area contributed by atoms with E-state index in [1.165, 1.54) is 48.5 Å². The molecule has 7 heteroatoms. The van der Waals surface area contributed by atoms with Crippen LogP contribution in [0.1, 0.15) is 16.7 Å². The standard InChI is InChI=1S/C17H11FN2O4/c1-10-8-12(4-7-15(10)20(22)23)16-19-14(17(21)24-16)9-11-2-5-13(18)6-3-11/h2-9H,1H3/b14-9-. The fourth-order valence-electron chi connectivity index (χ4n) is 2.24.